The fourth-order valence-electron chi connectivity index (χ4n) is 3.26. The van der Waals surface area contributed by atoms with Crippen molar-refractivity contribution in [2.24, 2.45) is 0 Å². The molecule has 2 aromatic carbocycles. The molecule has 0 aliphatic heterocycles. The summed E-state index contributed by atoms with van der Waals surface area (Å²) in [6, 6.07) is 21.7. The van der Waals surface area contributed by atoms with Crippen LogP contribution in [-0.4, -0.2) is 12.0 Å². The summed E-state index contributed by atoms with van der Waals surface area (Å²) in [5, 5.41) is 9.51. The maximum atomic E-state index is 9.51. The van der Waals surface area contributed by atoms with E-state index in [9.17, 15) is 5.26 Å². The summed E-state index contributed by atoms with van der Waals surface area (Å²) in [5.41, 5.74) is 3.53. The van der Waals surface area contributed by atoms with Crippen LogP contribution in [0, 0.1) is 25.2 Å². The van der Waals surface area contributed by atoms with Crippen LogP contribution in [0.4, 0.5) is 5.88 Å². The van der Waals surface area contributed by atoms with Gasteiger partial charge in [-0.1, -0.05) is 42.5 Å². The molecule has 6 nitrogen and oxygen atoms in total. The van der Waals surface area contributed by atoms with Crippen LogP contribution in [0.3, 0.4) is 0 Å². The number of rotatable bonds is 7. The Balaban J connectivity index is 1.49. The molecule has 0 aliphatic rings. The molecule has 0 N–H and O–H groups in total. The third-order valence-electron chi connectivity index (χ3n) is 4.91. The zero-order chi connectivity index (χ0) is 21.8. The summed E-state index contributed by atoms with van der Waals surface area (Å²) < 4.78 is 17.7. The van der Waals surface area contributed by atoms with Crippen LogP contribution >= 0.6 is 0 Å². The van der Waals surface area contributed by atoms with Crippen LogP contribution in [0.15, 0.2) is 69.5 Å². The predicted molar refractivity (Wildman–Crippen MR) is 118 cm³/mol. The molecule has 0 spiro atoms. The van der Waals surface area contributed by atoms with E-state index >= 15 is 0 Å². The van der Waals surface area contributed by atoms with Gasteiger partial charge in [0.05, 0.1) is 0 Å². The third kappa shape index (κ3) is 4.62. The predicted octanol–water partition coefficient (Wildman–Crippen LogP) is 5.64. The quantitative estimate of drug-likeness (QED) is 0.390. The Morgan fingerprint density at radius 2 is 1.84 bits per heavy atom. The van der Waals surface area contributed by atoms with Crippen molar-refractivity contribution in [2.75, 3.05) is 11.9 Å². The number of hydrogen-bond acceptors (Lipinski definition) is 6. The van der Waals surface area contributed by atoms with Gasteiger partial charge in [0.25, 0.3) is 5.89 Å². The van der Waals surface area contributed by atoms with Gasteiger partial charge in [-0.05, 0) is 48.7 Å². The number of aromatic nitrogens is 1. The number of ether oxygens (including phenoxy) is 1. The van der Waals surface area contributed by atoms with Crippen LogP contribution in [0.2, 0.25) is 0 Å². The molecule has 2 heterocycles. The van der Waals surface area contributed by atoms with E-state index in [2.05, 4.69) is 17.1 Å². The van der Waals surface area contributed by atoms with Gasteiger partial charge in [0.15, 0.2) is 5.76 Å². The first-order valence-corrected chi connectivity index (χ1v) is 9.98. The van der Waals surface area contributed by atoms with E-state index < -0.39 is 0 Å². The van der Waals surface area contributed by atoms with E-state index in [1.54, 1.807) is 6.07 Å². The highest BCUT2D eigenvalue weighted by atomic mass is 16.5. The van der Waals surface area contributed by atoms with Gasteiger partial charge in [-0.25, -0.2) is 0 Å². The number of benzene rings is 2. The number of aryl methyl sites for hydroxylation is 2. The summed E-state index contributed by atoms with van der Waals surface area (Å²) >= 11 is 0. The molecule has 0 aliphatic carbocycles. The van der Waals surface area contributed by atoms with Gasteiger partial charge in [0, 0.05) is 13.6 Å². The highest BCUT2D eigenvalue weighted by molar-refractivity contribution is 5.55. The highest BCUT2D eigenvalue weighted by Gasteiger charge is 2.20. The van der Waals surface area contributed by atoms with Crippen molar-refractivity contribution in [3.8, 4) is 23.5 Å². The van der Waals surface area contributed by atoms with Crippen molar-refractivity contribution in [1.82, 2.24) is 4.98 Å². The molecule has 0 radical (unpaired) electrons. The van der Waals surface area contributed by atoms with Gasteiger partial charge >= 0.3 is 0 Å². The maximum Gasteiger partial charge on any atom is 0.266 e. The van der Waals surface area contributed by atoms with E-state index in [0.29, 0.717) is 23.9 Å². The van der Waals surface area contributed by atoms with Crippen LogP contribution in [-0.2, 0) is 13.2 Å². The highest BCUT2D eigenvalue weighted by Crippen LogP contribution is 2.30. The second-order valence-corrected chi connectivity index (χ2v) is 7.45. The van der Waals surface area contributed by atoms with Crippen molar-refractivity contribution in [3.05, 3.63) is 88.8 Å². The number of anilines is 1. The fraction of sp³-hybridized carbons (Fsp3) is 0.200. The van der Waals surface area contributed by atoms with Crippen LogP contribution in [0.25, 0.3) is 11.7 Å². The Bertz CT molecular complexity index is 1220. The minimum Gasteiger partial charge on any atom is -0.485 e. The Labute approximate surface area is 181 Å². The smallest absolute Gasteiger partial charge is 0.266 e. The lowest BCUT2D eigenvalue weighted by Crippen LogP contribution is -2.16. The van der Waals surface area contributed by atoms with Crippen LogP contribution < -0.4 is 9.64 Å². The zero-order valence-electron chi connectivity index (χ0n) is 17.8. The van der Waals surface area contributed by atoms with Gasteiger partial charge < -0.3 is 18.5 Å². The summed E-state index contributed by atoms with van der Waals surface area (Å²) in [6.07, 6.45) is 0. The first kappa shape index (κ1) is 20.3. The molecule has 156 valence electrons. The molecule has 0 amide bonds. The van der Waals surface area contributed by atoms with Gasteiger partial charge in [-0.15, -0.1) is 0 Å². The Kier molecular flexibility index (Phi) is 5.76. The van der Waals surface area contributed by atoms with Crippen molar-refractivity contribution in [2.45, 2.75) is 27.0 Å². The lowest BCUT2D eigenvalue weighted by Gasteiger charge is -2.15. The number of furan rings is 1. The molecular weight excluding hydrogens is 390 g/mol. The monoisotopic (exact) mass is 413 g/mol. The van der Waals surface area contributed by atoms with E-state index in [1.165, 1.54) is 0 Å². The Morgan fingerprint density at radius 1 is 1.03 bits per heavy atom. The lowest BCUT2D eigenvalue weighted by molar-refractivity contribution is 0.269. The lowest BCUT2D eigenvalue weighted by atomic mass is 10.1. The molecule has 0 saturated carbocycles. The summed E-state index contributed by atoms with van der Waals surface area (Å²) in [4.78, 5) is 6.17. The molecule has 0 saturated heterocycles. The van der Waals surface area contributed by atoms with Crippen molar-refractivity contribution < 1.29 is 13.6 Å². The van der Waals surface area contributed by atoms with Crippen LogP contribution in [0.5, 0.6) is 5.75 Å². The molecule has 4 rings (SSSR count). The average Bonchev–Trinajstić information content (AvgIpc) is 3.42. The number of nitriles is 1. The summed E-state index contributed by atoms with van der Waals surface area (Å²) in [7, 11) is 1.86. The molecular formula is C25H23N3O3. The SMILES string of the molecule is Cc1ccc(C)c(OCc2ccc(-c3nc(C#N)c(N(C)Cc4ccccc4)o3)o2)c1. The minimum atomic E-state index is 0.220. The molecule has 2 aromatic heterocycles. The number of nitrogens with zero attached hydrogens (tertiary/aromatic N) is 3. The standard InChI is InChI=1S/C25H23N3O3/c1-17-9-10-18(2)23(13-17)29-16-20-11-12-22(30-20)24-27-21(14-26)25(31-24)28(3)15-19-7-5-4-6-8-19/h4-13H,15-16H2,1-3H3. The van der Waals surface area contributed by atoms with Gasteiger partial charge in [0.1, 0.15) is 24.2 Å². The van der Waals surface area contributed by atoms with Gasteiger partial charge in [-0.2, -0.15) is 10.2 Å². The maximum absolute atomic E-state index is 9.51. The average molecular weight is 413 g/mol. The summed E-state index contributed by atoms with van der Waals surface area (Å²) in [5.74, 6) is 2.60. The fourth-order valence-corrected chi connectivity index (χ4v) is 3.26. The molecule has 31 heavy (non-hydrogen) atoms. The second-order valence-electron chi connectivity index (χ2n) is 7.45. The number of oxazole rings is 1. The minimum absolute atomic E-state index is 0.220. The number of hydrogen-bond donors (Lipinski definition) is 0. The topological polar surface area (TPSA) is 75.4 Å². The van der Waals surface area contributed by atoms with Crippen molar-refractivity contribution >= 4 is 5.88 Å². The normalized spacial score (nSPS) is 10.6. The van der Waals surface area contributed by atoms with E-state index in [-0.39, 0.29) is 18.2 Å². The van der Waals surface area contributed by atoms with Gasteiger partial charge in [-0.3, -0.25) is 0 Å². The van der Waals surface area contributed by atoms with Crippen LogP contribution in [0.1, 0.15) is 28.1 Å². The zero-order valence-corrected chi connectivity index (χ0v) is 17.8. The van der Waals surface area contributed by atoms with E-state index in [0.717, 1.165) is 22.4 Å². The molecule has 4 aromatic rings. The van der Waals surface area contributed by atoms with Gasteiger partial charge in [0.2, 0.25) is 11.6 Å². The van der Waals surface area contributed by atoms with Crippen molar-refractivity contribution in [3.63, 3.8) is 0 Å². The molecule has 0 atom stereocenters. The second kappa shape index (κ2) is 8.80. The Morgan fingerprint density at radius 3 is 2.61 bits per heavy atom. The Hall–Kier alpha value is -3.98. The third-order valence-corrected chi connectivity index (χ3v) is 4.91. The summed E-state index contributed by atoms with van der Waals surface area (Å²) in [6.45, 7) is 4.92. The largest absolute Gasteiger partial charge is 0.485 e. The molecule has 0 bridgehead atoms. The first-order chi connectivity index (χ1) is 15.0. The molecule has 6 heteroatoms. The first-order valence-electron chi connectivity index (χ1n) is 9.98. The molecule has 0 fully saturated rings. The van der Waals surface area contributed by atoms with E-state index in [4.69, 9.17) is 13.6 Å². The molecule has 0 unspecified atom stereocenters. The van der Waals surface area contributed by atoms with E-state index in [1.807, 2.05) is 74.3 Å². The van der Waals surface area contributed by atoms with Crippen molar-refractivity contribution in [1.29, 1.82) is 5.26 Å².